The van der Waals surface area contributed by atoms with Crippen molar-refractivity contribution in [3.05, 3.63) is 71.9 Å². The van der Waals surface area contributed by atoms with Crippen LogP contribution in [0.4, 0.5) is 15.8 Å². The molecule has 0 radical (unpaired) electrons. The van der Waals surface area contributed by atoms with Crippen molar-refractivity contribution in [1.29, 1.82) is 0 Å². The molecule has 9 heteroatoms. The number of halogens is 2. The summed E-state index contributed by atoms with van der Waals surface area (Å²) < 4.78 is 19.0. The van der Waals surface area contributed by atoms with Gasteiger partial charge in [0.1, 0.15) is 17.0 Å². The highest BCUT2D eigenvalue weighted by molar-refractivity contribution is 6.28. The number of hydrogen-bond donors (Lipinski definition) is 1. The van der Waals surface area contributed by atoms with Gasteiger partial charge in [0.05, 0.1) is 0 Å². The number of nitrogens with two attached hydrogens (primary N) is 1. The van der Waals surface area contributed by atoms with Gasteiger partial charge in [-0.2, -0.15) is 4.98 Å². The predicted molar refractivity (Wildman–Crippen MR) is 108 cm³/mol. The largest absolute Gasteiger partial charge is 0.439 e. The van der Waals surface area contributed by atoms with Gasteiger partial charge in [0, 0.05) is 23.6 Å². The molecule has 0 atom stereocenters. The normalized spacial score (nSPS) is 14.1. The Bertz CT molecular complexity index is 1100. The Morgan fingerprint density at radius 2 is 1.63 bits per heavy atom. The van der Waals surface area contributed by atoms with Gasteiger partial charge >= 0.3 is 0 Å². The molecule has 1 saturated carbocycles. The van der Waals surface area contributed by atoms with E-state index in [-0.39, 0.29) is 11.2 Å². The van der Waals surface area contributed by atoms with Crippen molar-refractivity contribution in [3.63, 3.8) is 0 Å². The second-order valence-electron chi connectivity index (χ2n) is 6.82. The zero-order valence-corrected chi connectivity index (χ0v) is 16.3. The van der Waals surface area contributed by atoms with E-state index in [0.717, 1.165) is 0 Å². The van der Waals surface area contributed by atoms with Crippen molar-refractivity contribution < 1.29 is 18.7 Å². The number of hydrogen-bond acceptors (Lipinski definition) is 5. The molecule has 2 amide bonds. The summed E-state index contributed by atoms with van der Waals surface area (Å²) in [4.78, 5) is 34.2. The number of amides is 2. The van der Waals surface area contributed by atoms with E-state index in [1.807, 2.05) is 0 Å². The summed E-state index contributed by atoms with van der Waals surface area (Å²) >= 11 is 5.75. The Kier molecular flexibility index (Phi) is 5.09. The lowest BCUT2D eigenvalue weighted by molar-refractivity contribution is -0.133. The summed E-state index contributed by atoms with van der Waals surface area (Å²) in [6, 6.07) is 13.6. The van der Waals surface area contributed by atoms with E-state index in [2.05, 4.69) is 9.97 Å². The quantitative estimate of drug-likeness (QED) is 0.474. The molecule has 1 aliphatic rings. The standard InChI is InChI=1S/C21H16ClFN4O3/c22-20-25-12-9-17(26-20)30-16-7-5-15(6-8-16)27(14-3-1-13(23)2-4-14)19(29)21(10-11-21)18(24)28/h1-9,12H,10-11H2,(H2,24,28). The molecule has 2 N–H and O–H groups in total. The van der Waals surface area contributed by atoms with Gasteiger partial charge in [0.2, 0.25) is 23.0 Å². The molecule has 7 nitrogen and oxygen atoms in total. The van der Waals surface area contributed by atoms with Gasteiger partial charge in [-0.25, -0.2) is 9.37 Å². The molecule has 2 aromatic carbocycles. The number of anilines is 2. The lowest BCUT2D eigenvalue weighted by Crippen LogP contribution is -2.41. The van der Waals surface area contributed by atoms with Crippen LogP contribution < -0.4 is 15.4 Å². The summed E-state index contributed by atoms with van der Waals surface area (Å²) in [5.41, 5.74) is 5.15. The van der Waals surface area contributed by atoms with Gasteiger partial charge in [-0.3, -0.25) is 14.5 Å². The van der Waals surface area contributed by atoms with E-state index in [0.29, 0.717) is 30.0 Å². The number of carbonyl (C=O) groups is 2. The molecule has 4 rings (SSSR count). The second kappa shape index (κ2) is 7.72. The monoisotopic (exact) mass is 426 g/mol. The number of aromatic nitrogens is 2. The summed E-state index contributed by atoms with van der Waals surface area (Å²) in [5, 5.41) is 0.0541. The van der Waals surface area contributed by atoms with Gasteiger partial charge in [0.25, 0.3) is 0 Å². The van der Waals surface area contributed by atoms with E-state index in [1.54, 1.807) is 30.3 Å². The van der Waals surface area contributed by atoms with E-state index in [1.165, 1.54) is 35.4 Å². The third-order valence-electron chi connectivity index (χ3n) is 4.84. The van der Waals surface area contributed by atoms with Gasteiger partial charge in [-0.05, 0) is 73.0 Å². The number of carbonyl (C=O) groups excluding carboxylic acids is 2. The molecule has 30 heavy (non-hydrogen) atoms. The first-order chi connectivity index (χ1) is 14.4. The zero-order chi connectivity index (χ0) is 21.3. The summed E-state index contributed by atoms with van der Waals surface area (Å²) in [7, 11) is 0. The van der Waals surface area contributed by atoms with E-state index >= 15 is 0 Å². The van der Waals surface area contributed by atoms with E-state index in [9.17, 15) is 14.0 Å². The fraction of sp³-hybridized carbons (Fsp3) is 0.143. The highest BCUT2D eigenvalue weighted by atomic mass is 35.5. The molecule has 0 unspecified atom stereocenters. The van der Waals surface area contributed by atoms with Gasteiger partial charge in [0.15, 0.2) is 0 Å². The second-order valence-corrected chi connectivity index (χ2v) is 7.16. The highest BCUT2D eigenvalue weighted by Crippen LogP contribution is 2.49. The van der Waals surface area contributed by atoms with Crippen LogP contribution in [0.2, 0.25) is 5.28 Å². The van der Waals surface area contributed by atoms with E-state index < -0.39 is 23.0 Å². The minimum Gasteiger partial charge on any atom is -0.439 e. The Morgan fingerprint density at radius 3 is 2.17 bits per heavy atom. The molecule has 1 heterocycles. The van der Waals surface area contributed by atoms with Crippen LogP contribution in [-0.2, 0) is 9.59 Å². The fourth-order valence-electron chi connectivity index (χ4n) is 3.04. The fourth-order valence-corrected chi connectivity index (χ4v) is 3.18. The Morgan fingerprint density at radius 1 is 1.03 bits per heavy atom. The van der Waals surface area contributed by atoms with Crippen LogP contribution in [0.1, 0.15) is 12.8 Å². The number of ether oxygens (including phenoxy) is 1. The molecular weight excluding hydrogens is 411 g/mol. The van der Waals surface area contributed by atoms with Gasteiger partial charge < -0.3 is 10.5 Å². The maximum atomic E-state index is 13.4. The molecule has 3 aromatic rings. The van der Waals surface area contributed by atoms with Crippen molar-refractivity contribution in [2.45, 2.75) is 12.8 Å². The molecule has 0 spiro atoms. The zero-order valence-electron chi connectivity index (χ0n) is 15.6. The summed E-state index contributed by atoms with van der Waals surface area (Å²) in [6.07, 6.45) is 2.23. The van der Waals surface area contributed by atoms with Gasteiger partial charge in [-0.1, -0.05) is 0 Å². The van der Waals surface area contributed by atoms with Crippen molar-refractivity contribution in [1.82, 2.24) is 9.97 Å². The Labute approximate surface area is 176 Å². The van der Waals surface area contributed by atoms with E-state index in [4.69, 9.17) is 22.1 Å². The van der Waals surface area contributed by atoms with Crippen molar-refractivity contribution >= 4 is 34.8 Å². The van der Waals surface area contributed by atoms with Crippen molar-refractivity contribution in [2.24, 2.45) is 11.1 Å². The molecule has 0 saturated heterocycles. The van der Waals surface area contributed by atoms with Gasteiger partial charge in [-0.15, -0.1) is 0 Å². The molecule has 1 aliphatic carbocycles. The first kappa shape index (κ1) is 19.8. The third-order valence-corrected chi connectivity index (χ3v) is 5.02. The van der Waals surface area contributed by atoms with Crippen LogP contribution in [0.25, 0.3) is 0 Å². The summed E-state index contributed by atoms with van der Waals surface area (Å²) in [5.74, 6) is -0.830. The maximum absolute atomic E-state index is 13.4. The van der Waals surface area contributed by atoms with Crippen LogP contribution in [0, 0.1) is 11.2 Å². The maximum Gasteiger partial charge on any atom is 0.247 e. The molecule has 0 bridgehead atoms. The topological polar surface area (TPSA) is 98.4 Å². The average molecular weight is 427 g/mol. The number of primary amides is 1. The van der Waals surface area contributed by atoms with Crippen molar-refractivity contribution in [3.8, 4) is 11.6 Å². The number of nitrogens with zero attached hydrogens (tertiary/aromatic N) is 3. The van der Waals surface area contributed by atoms with Crippen LogP contribution in [-0.4, -0.2) is 21.8 Å². The van der Waals surface area contributed by atoms with Crippen LogP contribution in [0.5, 0.6) is 11.6 Å². The first-order valence-electron chi connectivity index (χ1n) is 9.05. The third kappa shape index (κ3) is 3.81. The molecule has 152 valence electrons. The smallest absolute Gasteiger partial charge is 0.247 e. The lowest BCUT2D eigenvalue weighted by Gasteiger charge is -2.26. The number of benzene rings is 2. The minimum absolute atomic E-state index is 0.0541. The minimum atomic E-state index is -1.23. The Hall–Kier alpha value is -3.52. The lowest BCUT2D eigenvalue weighted by atomic mass is 10.0. The average Bonchev–Trinajstić information content (AvgIpc) is 3.53. The predicted octanol–water partition coefficient (Wildman–Crippen LogP) is 3.99. The van der Waals surface area contributed by atoms with Crippen LogP contribution >= 0.6 is 11.6 Å². The molecular formula is C21H16ClFN4O3. The molecule has 0 aliphatic heterocycles. The molecule has 1 aromatic heterocycles. The highest BCUT2D eigenvalue weighted by Gasteiger charge is 2.57. The first-order valence-corrected chi connectivity index (χ1v) is 9.43. The van der Waals surface area contributed by atoms with Crippen LogP contribution in [0.15, 0.2) is 60.8 Å². The Balaban J connectivity index is 1.66. The molecule has 1 fully saturated rings. The number of rotatable bonds is 6. The SMILES string of the molecule is NC(=O)C1(C(=O)N(c2ccc(F)cc2)c2ccc(Oc3ccnc(Cl)n3)cc2)CC1. The van der Waals surface area contributed by atoms with Crippen LogP contribution in [0.3, 0.4) is 0 Å². The summed E-state index contributed by atoms with van der Waals surface area (Å²) in [6.45, 7) is 0. The van der Waals surface area contributed by atoms with Crippen molar-refractivity contribution in [2.75, 3.05) is 4.90 Å².